The van der Waals surface area contributed by atoms with Crippen molar-refractivity contribution in [2.75, 3.05) is 44.4 Å². The van der Waals surface area contributed by atoms with Crippen LogP contribution in [0.2, 0.25) is 0 Å². The normalized spacial score (nSPS) is 15.1. The molecule has 0 spiro atoms. The summed E-state index contributed by atoms with van der Waals surface area (Å²) in [4.78, 5) is 38.2. The van der Waals surface area contributed by atoms with Gasteiger partial charge >= 0.3 is 0 Å². The summed E-state index contributed by atoms with van der Waals surface area (Å²) in [5.41, 5.74) is 1.85. The first-order valence-electron chi connectivity index (χ1n) is 13.8. The predicted molar refractivity (Wildman–Crippen MR) is 166 cm³/mol. The van der Waals surface area contributed by atoms with Crippen LogP contribution in [0.1, 0.15) is 50.8 Å². The summed E-state index contributed by atoms with van der Waals surface area (Å²) >= 11 is 3.08. The first kappa shape index (κ1) is 31.0. The lowest BCUT2D eigenvalue weighted by molar-refractivity contribution is -0.121. The number of likely N-dealkylation sites (N-methyl/N-ethyl adjacent to an activating group) is 1. The zero-order chi connectivity index (χ0) is 29.4. The van der Waals surface area contributed by atoms with Crippen molar-refractivity contribution < 1.29 is 14.0 Å². The fourth-order valence-corrected chi connectivity index (χ4v) is 6.09. The number of thioether (sulfide) groups is 1. The monoisotopic (exact) mass is 596 g/mol. The van der Waals surface area contributed by atoms with Crippen LogP contribution in [0.15, 0.2) is 57.4 Å². The number of carbonyl (C=O) groups excluding carboxylic acids is 2. The molecule has 11 heteroatoms. The van der Waals surface area contributed by atoms with Crippen LogP contribution in [0, 0.1) is 5.92 Å². The van der Waals surface area contributed by atoms with E-state index in [1.54, 1.807) is 30.2 Å². The second kappa shape index (κ2) is 14.3. The number of likely N-dealkylation sites (tertiary alicyclic amines) is 1. The van der Waals surface area contributed by atoms with Crippen LogP contribution < -0.4 is 10.6 Å². The van der Waals surface area contributed by atoms with Gasteiger partial charge in [0.2, 0.25) is 17.7 Å². The SMILES string of the molecule is CN(C)CC=CC(=O)Nc1cccc(CN2CCC(C(=O)Nc3ncc(SCc4ncc(C(C)(C)C)o4)s3)CC2)c1. The second-order valence-electron chi connectivity index (χ2n) is 11.5. The van der Waals surface area contributed by atoms with Gasteiger partial charge in [0.15, 0.2) is 5.13 Å². The molecule has 41 heavy (non-hydrogen) atoms. The summed E-state index contributed by atoms with van der Waals surface area (Å²) in [6, 6.07) is 7.94. The molecular weight excluding hydrogens is 557 g/mol. The number of hydrogen-bond donors (Lipinski definition) is 2. The van der Waals surface area contributed by atoms with Crippen LogP contribution >= 0.6 is 23.1 Å². The summed E-state index contributed by atoms with van der Waals surface area (Å²) in [6.07, 6.45) is 8.59. The van der Waals surface area contributed by atoms with E-state index < -0.39 is 0 Å². The number of hydrogen-bond acceptors (Lipinski definition) is 9. The van der Waals surface area contributed by atoms with Gasteiger partial charge in [-0.15, -0.1) is 11.8 Å². The van der Waals surface area contributed by atoms with Gasteiger partial charge in [-0.2, -0.15) is 0 Å². The van der Waals surface area contributed by atoms with E-state index in [1.165, 1.54) is 11.3 Å². The van der Waals surface area contributed by atoms with Gasteiger partial charge < -0.3 is 20.0 Å². The predicted octanol–water partition coefficient (Wildman–Crippen LogP) is 5.63. The lowest BCUT2D eigenvalue weighted by atomic mass is 9.94. The molecule has 1 aliphatic rings. The fourth-order valence-electron chi connectivity index (χ4n) is 4.36. The molecule has 4 rings (SSSR count). The third kappa shape index (κ3) is 9.81. The summed E-state index contributed by atoms with van der Waals surface area (Å²) in [6.45, 7) is 9.48. The molecule has 2 amide bonds. The van der Waals surface area contributed by atoms with Crippen LogP contribution in [0.25, 0.3) is 0 Å². The molecule has 3 aromatic rings. The van der Waals surface area contributed by atoms with E-state index in [0.29, 0.717) is 23.3 Å². The van der Waals surface area contributed by atoms with Crippen LogP contribution in [0.3, 0.4) is 0 Å². The van der Waals surface area contributed by atoms with Crippen molar-refractivity contribution in [1.82, 2.24) is 19.8 Å². The van der Waals surface area contributed by atoms with Gasteiger partial charge in [0, 0.05) is 36.2 Å². The molecule has 1 aliphatic heterocycles. The van der Waals surface area contributed by atoms with E-state index in [4.69, 9.17) is 4.42 Å². The zero-order valence-electron chi connectivity index (χ0n) is 24.5. The Morgan fingerprint density at radius 3 is 2.66 bits per heavy atom. The van der Waals surface area contributed by atoms with Crippen LogP contribution in [0.5, 0.6) is 0 Å². The van der Waals surface area contributed by atoms with Crippen molar-refractivity contribution in [3.8, 4) is 0 Å². The highest BCUT2D eigenvalue weighted by atomic mass is 32.2. The van der Waals surface area contributed by atoms with E-state index in [1.807, 2.05) is 43.3 Å². The van der Waals surface area contributed by atoms with Gasteiger partial charge in [0.05, 0.1) is 22.4 Å². The fraction of sp³-hybridized carbons (Fsp3) is 0.467. The number of oxazole rings is 1. The molecule has 2 aromatic heterocycles. The Hall–Kier alpha value is -2.99. The Kier molecular flexibility index (Phi) is 10.8. The Morgan fingerprint density at radius 2 is 1.95 bits per heavy atom. The molecule has 220 valence electrons. The summed E-state index contributed by atoms with van der Waals surface area (Å²) in [7, 11) is 3.92. The van der Waals surface area contributed by atoms with Crippen molar-refractivity contribution in [2.24, 2.45) is 5.92 Å². The average Bonchev–Trinajstić information content (AvgIpc) is 3.57. The average molecular weight is 597 g/mol. The molecule has 9 nitrogen and oxygen atoms in total. The molecule has 0 unspecified atom stereocenters. The van der Waals surface area contributed by atoms with Crippen molar-refractivity contribution in [3.05, 3.63) is 66.0 Å². The molecule has 2 N–H and O–H groups in total. The number of anilines is 2. The highest BCUT2D eigenvalue weighted by Crippen LogP contribution is 2.32. The lowest BCUT2D eigenvalue weighted by Gasteiger charge is -2.31. The van der Waals surface area contributed by atoms with E-state index in [0.717, 1.165) is 53.7 Å². The van der Waals surface area contributed by atoms with Crippen LogP contribution in [0.4, 0.5) is 10.8 Å². The Bertz CT molecular complexity index is 1340. The first-order chi connectivity index (χ1) is 19.5. The summed E-state index contributed by atoms with van der Waals surface area (Å²) in [5, 5.41) is 6.57. The third-order valence-corrected chi connectivity index (χ3v) is 8.74. The summed E-state index contributed by atoms with van der Waals surface area (Å²) < 4.78 is 6.87. The zero-order valence-corrected chi connectivity index (χ0v) is 26.1. The molecule has 1 fully saturated rings. The summed E-state index contributed by atoms with van der Waals surface area (Å²) in [5.74, 6) is 2.05. The number of amides is 2. The van der Waals surface area contributed by atoms with E-state index in [9.17, 15) is 9.59 Å². The minimum absolute atomic E-state index is 0.0325. The highest BCUT2D eigenvalue weighted by Gasteiger charge is 2.26. The van der Waals surface area contributed by atoms with E-state index in [-0.39, 0.29) is 23.1 Å². The van der Waals surface area contributed by atoms with Gasteiger partial charge in [-0.3, -0.25) is 14.5 Å². The molecule has 0 atom stereocenters. The number of thiazole rings is 1. The molecule has 0 aliphatic carbocycles. The number of carbonyl (C=O) groups is 2. The highest BCUT2D eigenvalue weighted by molar-refractivity contribution is 8.00. The maximum atomic E-state index is 12.9. The largest absolute Gasteiger partial charge is 0.444 e. The van der Waals surface area contributed by atoms with E-state index in [2.05, 4.69) is 52.3 Å². The third-order valence-electron chi connectivity index (χ3n) is 6.64. The number of rotatable bonds is 11. The van der Waals surface area contributed by atoms with Crippen LogP contribution in [-0.4, -0.2) is 65.3 Å². The van der Waals surface area contributed by atoms with Crippen molar-refractivity contribution >= 4 is 45.7 Å². The Labute approximate surface area is 250 Å². The maximum Gasteiger partial charge on any atom is 0.248 e. The first-order valence-corrected chi connectivity index (χ1v) is 15.6. The number of benzene rings is 1. The molecule has 1 saturated heterocycles. The molecule has 1 aromatic carbocycles. The molecular formula is C30H40N6O3S2. The minimum atomic E-state index is -0.133. The number of nitrogens with one attached hydrogen (secondary N) is 2. The molecule has 3 heterocycles. The molecule has 0 saturated carbocycles. The Balaban J connectivity index is 1.19. The van der Waals surface area contributed by atoms with Gasteiger partial charge in [-0.25, -0.2) is 9.97 Å². The smallest absolute Gasteiger partial charge is 0.248 e. The molecule has 0 bridgehead atoms. The van der Waals surface area contributed by atoms with Gasteiger partial charge in [0.25, 0.3) is 0 Å². The number of aromatic nitrogens is 2. The lowest BCUT2D eigenvalue weighted by Crippen LogP contribution is -2.37. The van der Waals surface area contributed by atoms with Gasteiger partial charge in [0.1, 0.15) is 5.76 Å². The second-order valence-corrected chi connectivity index (χ2v) is 13.8. The van der Waals surface area contributed by atoms with Gasteiger partial charge in [-0.05, 0) is 57.7 Å². The van der Waals surface area contributed by atoms with E-state index >= 15 is 0 Å². The van der Waals surface area contributed by atoms with Crippen LogP contribution in [-0.2, 0) is 27.3 Å². The number of nitrogens with zero attached hydrogens (tertiary/aromatic N) is 4. The van der Waals surface area contributed by atoms with Crippen molar-refractivity contribution in [2.45, 2.75) is 55.5 Å². The standard InChI is InChI=1S/C30H40N6O3S2/c1-30(2,3)24-17-31-26(39-24)20-40-27-18-32-29(41-27)34-28(38)22-11-14-36(15-12-22)19-21-8-6-9-23(16-21)33-25(37)10-7-13-35(4)5/h6-10,16-18,22H,11-15,19-20H2,1-5H3,(H,33,37)(H,32,34,38). The maximum absolute atomic E-state index is 12.9. The Morgan fingerprint density at radius 1 is 1.17 bits per heavy atom. The topological polar surface area (TPSA) is 104 Å². The minimum Gasteiger partial charge on any atom is -0.444 e. The van der Waals surface area contributed by atoms with Gasteiger partial charge in [-0.1, -0.05) is 50.3 Å². The number of piperidine rings is 1. The van der Waals surface area contributed by atoms with Crippen molar-refractivity contribution in [3.63, 3.8) is 0 Å². The quantitative estimate of drug-likeness (QED) is 0.217. The molecule has 0 radical (unpaired) electrons. The van der Waals surface area contributed by atoms with Crippen molar-refractivity contribution in [1.29, 1.82) is 0 Å².